The van der Waals surface area contributed by atoms with Crippen molar-refractivity contribution < 1.29 is 0 Å². The molecule has 6 rings (SSSR count). The Morgan fingerprint density at radius 3 is 2.54 bits per heavy atom. The van der Waals surface area contributed by atoms with Crippen LogP contribution < -0.4 is 5.56 Å². The summed E-state index contributed by atoms with van der Waals surface area (Å²) in [6, 6.07) is 19.1. The van der Waals surface area contributed by atoms with Crippen LogP contribution in [0.3, 0.4) is 0 Å². The second kappa shape index (κ2) is 10.6. The summed E-state index contributed by atoms with van der Waals surface area (Å²) in [5.74, 6) is 1.46. The van der Waals surface area contributed by atoms with E-state index in [-0.39, 0.29) is 11.6 Å². The number of H-pyrrole nitrogens is 1. The van der Waals surface area contributed by atoms with Gasteiger partial charge in [0.1, 0.15) is 6.04 Å². The molecular formula is C30H36N6O. The number of nitrogens with one attached hydrogen (secondary N) is 1. The molecule has 0 radical (unpaired) electrons. The van der Waals surface area contributed by atoms with E-state index in [1.165, 1.54) is 24.8 Å². The fourth-order valence-corrected chi connectivity index (χ4v) is 6.43. The normalized spacial score (nSPS) is 18.8. The van der Waals surface area contributed by atoms with Crippen molar-refractivity contribution in [1.82, 2.24) is 30.1 Å². The average molecular weight is 497 g/mol. The van der Waals surface area contributed by atoms with Crippen LogP contribution >= 0.6 is 0 Å². The molecule has 0 amide bonds. The van der Waals surface area contributed by atoms with Crippen molar-refractivity contribution in [2.24, 2.45) is 5.92 Å². The lowest BCUT2D eigenvalue weighted by Crippen LogP contribution is -2.41. The van der Waals surface area contributed by atoms with Gasteiger partial charge < -0.3 is 4.98 Å². The smallest absolute Gasteiger partial charge is 0.253 e. The molecule has 2 aliphatic rings. The summed E-state index contributed by atoms with van der Waals surface area (Å²) in [6.45, 7) is 3.88. The average Bonchev–Trinajstić information content (AvgIpc) is 3.41. The summed E-state index contributed by atoms with van der Waals surface area (Å²) in [6.07, 6.45) is 9.17. The van der Waals surface area contributed by atoms with Gasteiger partial charge in [-0.15, -0.1) is 5.10 Å². The standard InChI is InChI=1S/C30H36N6O/c1-21-9-8-12-24-20-26(30(37)31-27(21)24)28(29-32-33-34-36(29)25-13-6-3-7-14-25)35-17-15-23(16-18-35)19-22-10-4-2-5-11-22/h2,4-5,8-12,20,23,25,28H,3,6-7,13-19H2,1H3,(H,31,37). The number of pyridine rings is 1. The number of aromatic amines is 1. The number of rotatable bonds is 6. The maximum atomic E-state index is 13.6. The Balaban J connectivity index is 1.35. The van der Waals surface area contributed by atoms with E-state index in [1.807, 2.05) is 17.7 Å². The minimum absolute atomic E-state index is 0.0450. The molecule has 0 bridgehead atoms. The van der Waals surface area contributed by atoms with E-state index in [9.17, 15) is 4.79 Å². The molecule has 192 valence electrons. The highest BCUT2D eigenvalue weighted by Gasteiger charge is 2.34. The first-order chi connectivity index (χ1) is 18.2. The van der Waals surface area contributed by atoms with Gasteiger partial charge in [-0.1, -0.05) is 67.8 Å². The van der Waals surface area contributed by atoms with Gasteiger partial charge in [0.05, 0.1) is 11.6 Å². The minimum atomic E-state index is -0.261. The van der Waals surface area contributed by atoms with E-state index in [0.717, 1.165) is 73.0 Å². The third-order valence-corrected chi connectivity index (χ3v) is 8.48. The van der Waals surface area contributed by atoms with Crippen LogP contribution in [0.15, 0.2) is 59.4 Å². The van der Waals surface area contributed by atoms with Crippen LogP contribution in [0.5, 0.6) is 0 Å². The predicted octanol–water partition coefficient (Wildman–Crippen LogP) is 5.37. The third kappa shape index (κ3) is 4.97. The lowest BCUT2D eigenvalue weighted by Gasteiger charge is -2.37. The maximum Gasteiger partial charge on any atom is 0.253 e. The molecule has 4 aromatic rings. The summed E-state index contributed by atoms with van der Waals surface area (Å²) in [5.41, 5.74) is 4.08. The molecule has 1 aliphatic carbocycles. The molecule has 2 aromatic heterocycles. The number of hydrogen-bond donors (Lipinski definition) is 1. The molecule has 7 heteroatoms. The quantitative estimate of drug-likeness (QED) is 0.388. The van der Waals surface area contributed by atoms with Crippen LogP contribution in [0.2, 0.25) is 0 Å². The van der Waals surface area contributed by atoms with Crippen LogP contribution in [0.1, 0.15) is 79.5 Å². The Labute approximate surface area is 217 Å². The van der Waals surface area contributed by atoms with Crippen molar-refractivity contribution in [3.63, 3.8) is 0 Å². The number of likely N-dealkylation sites (tertiary alicyclic amines) is 1. The minimum Gasteiger partial charge on any atom is -0.321 e. The first kappa shape index (κ1) is 24.0. The summed E-state index contributed by atoms with van der Waals surface area (Å²) in [5, 5.41) is 14.2. The molecule has 1 saturated carbocycles. The van der Waals surface area contributed by atoms with E-state index in [2.05, 4.69) is 73.9 Å². The highest BCUT2D eigenvalue weighted by atomic mass is 16.1. The fraction of sp³-hybridized carbons (Fsp3) is 0.467. The largest absolute Gasteiger partial charge is 0.321 e. The Hall–Kier alpha value is -3.32. The molecule has 3 heterocycles. The van der Waals surface area contributed by atoms with Gasteiger partial charge in [0.2, 0.25) is 0 Å². The summed E-state index contributed by atoms with van der Waals surface area (Å²) in [7, 11) is 0. The van der Waals surface area contributed by atoms with Crippen LogP contribution in [-0.4, -0.2) is 43.2 Å². The van der Waals surface area contributed by atoms with Gasteiger partial charge in [-0.05, 0) is 91.0 Å². The number of piperidine rings is 1. The van der Waals surface area contributed by atoms with E-state index in [1.54, 1.807) is 0 Å². The maximum absolute atomic E-state index is 13.6. The van der Waals surface area contributed by atoms with Gasteiger partial charge >= 0.3 is 0 Å². The van der Waals surface area contributed by atoms with Gasteiger partial charge in [0, 0.05) is 5.56 Å². The highest BCUT2D eigenvalue weighted by Crippen LogP contribution is 2.35. The van der Waals surface area contributed by atoms with Gasteiger partial charge in [-0.25, -0.2) is 4.68 Å². The Bertz CT molecular complexity index is 1400. The molecule has 37 heavy (non-hydrogen) atoms. The first-order valence-corrected chi connectivity index (χ1v) is 13.9. The molecule has 1 saturated heterocycles. The number of aryl methyl sites for hydroxylation is 1. The number of hydrogen-bond acceptors (Lipinski definition) is 5. The predicted molar refractivity (Wildman–Crippen MR) is 146 cm³/mol. The Morgan fingerprint density at radius 2 is 1.76 bits per heavy atom. The number of aromatic nitrogens is 5. The van der Waals surface area contributed by atoms with E-state index in [4.69, 9.17) is 0 Å². The molecule has 2 fully saturated rings. The SMILES string of the molecule is Cc1cccc2cc(C(c3nnnn3C3CCCCC3)N3CCC(Cc4ccccc4)CC3)c(=O)[nH]c12. The molecule has 0 spiro atoms. The van der Waals surface area contributed by atoms with Gasteiger partial charge in [0.15, 0.2) is 5.82 Å². The van der Waals surface area contributed by atoms with Crippen molar-refractivity contribution >= 4 is 10.9 Å². The van der Waals surface area contributed by atoms with Crippen LogP contribution in [-0.2, 0) is 6.42 Å². The molecule has 1 N–H and O–H groups in total. The molecule has 1 aliphatic heterocycles. The number of para-hydroxylation sites is 1. The Kier molecular flexibility index (Phi) is 6.87. The highest BCUT2D eigenvalue weighted by molar-refractivity contribution is 5.82. The molecule has 2 aromatic carbocycles. The number of nitrogens with zero attached hydrogens (tertiary/aromatic N) is 5. The van der Waals surface area contributed by atoms with Crippen LogP contribution in [0, 0.1) is 12.8 Å². The van der Waals surface area contributed by atoms with Crippen LogP contribution in [0.25, 0.3) is 10.9 Å². The topological polar surface area (TPSA) is 79.7 Å². The molecule has 7 nitrogen and oxygen atoms in total. The summed E-state index contributed by atoms with van der Waals surface area (Å²) >= 11 is 0. The monoisotopic (exact) mass is 496 g/mol. The second-order valence-electron chi connectivity index (χ2n) is 10.9. The van der Waals surface area contributed by atoms with Crippen molar-refractivity contribution in [2.75, 3.05) is 13.1 Å². The zero-order chi connectivity index (χ0) is 25.2. The molecular weight excluding hydrogens is 460 g/mol. The van der Waals surface area contributed by atoms with Crippen molar-refractivity contribution in [2.45, 2.75) is 70.4 Å². The van der Waals surface area contributed by atoms with E-state index >= 15 is 0 Å². The zero-order valence-electron chi connectivity index (χ0n) is 21.6. The second-order valence-corrected chi connectivity index (χ2v) is 10.9. The lowest BCUT2D eigenvalue weighted by molar-refractivity contribution is 0.140. The first-order valence-electron chi connectivity index (χ1n) is 13.9. The summed E-state index contributed by atoms with van der Waals surface area (Å²) in [4.78, 5) is 19.2. The summed E-state index contributed by atoms with van der Waals surface area (Å²) < 4.78 is 2.04. The number of benzene rings is 2. The molecule has 1 atom stereocenters. The zero-order valence-corrected chi connectivity index (χ0v) is 21.6. The van der Waals surface area contributed by atoms with Gasteiger partial charge in [-0.3, -0.25) is 9.69 Å². The van der Waals surface area contributed by atoms with Crippen LogP contribution in [0.4, 0.5) is 0 Å². The lowest BCUT2D eigenvalue weighted by atomic mass is 9.88. The van der Waals surface area contributed by atoms with Gasteiger partial charge in [0.25, 0.3) is 5.56 Å². The number of tetrazole rings is 1. The van der Waals surface area contributed by atoms with Gasteiger partial charge in [-0.2, -0.15) is 0 Å². The third-order valence-electron chi connectivity index (χ3n) is 8.48. The Morgan fingerprint density at radius 1 is 0.973 bits per heavy atom. The molecule has 1 unspecified atom stereocenters. The van der Waals surface area contributed by atoms with E-state index < -0.39 is 0 Å². The van der Waals surface area contributed by atoms with Crippen molar-refractivity contribution in [1.29, 1.82) is 0 Å². The van der Waals surface area contributed by atoms with Crippen molar-refractivity contribution in [3.05, 3.63) is 87.5 Å². The number of fused-ring (bicyclic) bond motifs is 1. The fourth-order valence-electron chi connectivity index (χ4n) is 6.43. The van der Waals surface area contributed by atoms with Crippen molar-refractivity contribution in [3.8, 4) is 0 Å². The van der Waals surface area contributed by atoms with E-state index in [0.29, 0.717) is 12.0 Å².